The van der Waals surface area contributed by atoms with Crippen LogP contribution in [-0.4, -0.2) is 31.3 Å². The van der Waals surface area contributed by atoms with E-state index in [4.69, 9.17) is 25.8 Å². The van der Waals surface area contributed by atoms with E-state index in [1.807, 2.05) is 78.9 Å². The van der Waals surface area contributed by atoms with Crippen LogP contribution in [0.3, 0.4) is 0 Å². The highest BCUT2D eigenvalue weighted by molar-refractivity contribution is 7.21. The van der Waals surface area contributed by atoms with Gasteiger partial charge in [0.2, 0.25) is 0 Å². The zero-order chi connectivity index (χ0) is 28.8. The minimum absolute atomic E-state index is 0.229. The number of amides is 1. The van der Waals surface area contributed by atoms with E-state index in [0.29, 0.717) is 27.0 Å². The Morgan fingerprint density at radius 2 is 1.61 bits per heavy atom. The lowest BCUT2D eigenvalue weighted by molar-refractivity contribution is -0.127. The maximum Gasteiger partial charge on any atom is 0.355 e. The van der Waals surface area contributed by atoms with Crippen LogP contribution in [0.4, 0.5) is 0 Å². The van der Waals surface area contributed by atoms with Crippen molar-refractivity contribution in [2.45, 2.75) is 13.0 Å². The van der Waals surface area contributed by atoms with E-state index in [2.05, 4.69) is 10.5 Å². The first-order valence-electron chi connectivity index (χ1n) is 12.6. The van der Waals surface area contributed by atoms with E-state index in [-0.39, 0.29) is 5.75 Å². The van der Waals surface area contributed by atoms with Crippen molar-refractivity contribution in [2.75, 3.05) is 7.11 Å². The lowest BCUT2D eigenvalue weighted by Gasteiger charge is -2.13. The highest BCUT2D eigenvalue weighted by Crippen LogP contribution is 2.37. The van der Waals surface area contributed by atoms with E-state index in [1.165, 1.54) is 24.7 Å². The molecular weight excluding hydrogens is 560 g/mol. The lowest BCUT2D eigenvalue weighted by atomic mass is 10.1. The van der Waals surface area contributed by atoms with Crippen molar-refractivity contribution in [3.8, 4) is 28.4 Å². The van der Waals surface area contributed by atoms with Crippen LogP contribution in [0.25, 0.3) is 21.2 Å². The largest absolute Gasteiger partial charge is 0.493 e. The van der Waals surface area contributed by atoms with Crippen LogP contribution in [0, 0.1) is 0 Å². The van der Waals surface area contributed by atoms with Crippen molar-refractivity contribution < 1.29 is 23.8 Å². The molecule has 0 bridgehead atoms. The fraction of sp³-hybridized carbons (Fsp3) is 0.0938. The summed E-state index contributed by atoms with van der Waals surface area (Å²) in [4.78, 5) is 25.7. The van der Waals surface area contributed by atoms with Gasteiger partial charge >= 0.3 is 5.97 Å². The number of rotatable bonds is 9. The number of hydrogen-bond acceptors (Lipinski definition) is 7. The number of fused-ring (bicyclic) bond motifs is 1. The molecule has 1 amide bonds. The summed E-state index contributed by atoms with van der Waals surface area (Å²) >= 11 is 7.68. The van der Waals surface area contributed by atoms with Crippen LogP contribution in [0.5, 0.6) is 17.2 Å². The number of halogens is 1. The molecule has 0 aliphatic rings. The van der Waals surface area contributed by atoms with Crippen molar-refractivity contribution in [2.24, 2.45) is 5.10 Å². The molecule has 0 saturated heterocycles. The molecule has 5 aromatic rings. The van der Waals surface area contributed by atoms with Crippen LogP contribution in [0.2, 0.25) is 5.02 Å². The molecule has 7 nitrogen and oxygen atoms in total. The second-order valence-electron chi connectivity index (χ2n) is 8.93. The maximum absolute atomic E-state index is 12.8. The quantitative estimate of drug-likeness (QED) is 0.0846. The molecule has 0 fully saturated rings. The SMILES string of the molecule is COc1cc(/C=N/NC(=O)C(C)Oc2ccc(-c3ccccc3)cc2)ccc1OC(=O)c1sc2ccccc2c1Cl. The Labute approximate surface area is 245 Å². The van der Waals surface area contributed by atoms with Gasteiger partial charge in [0, 0.05) is 10.1 Å². The molecule has 41 heavy (non-hydrogen) atoms. The molecule has 1 heterocycles. The number of hydrogen-bond donors (Lipinski definition) is 1. The molecule has 1 unspecified atom stereocenters. The molecule has 0 saturated carbocycles. The Balaban J connectivity index is 1.18. The molecule has 4 aromatic carbocycles. The highest BCUT2D eigenvalue weighted by atomic mass is 35.5. The second kappa shape index (κ2) is 12.7. The van der Waals surface area contributed by atoms with Gasteiger partial charge < -0.3 is 14.2 Å². The van der Waals surface area contributed by atoms with Crippen LogP contribution < -0.4 is 19.6 Å². The summed E-state index contributed by atoms with van der Waals surface area (Å²) in [6, 6.07) is 29.9. The summed E-state index contributed by atoms with van der Waals surface area (Å²) in [5.41, 5.74) is 5.25. The van der Waals surface area contributed by atoms with E-state index >= 15 is 0 Å². The summed E-state index contributed by atoms with van der Waals surface area (Å²) < 4.78 is 17.6. The van der Waals surface area contributed by atoms with Crippen molar-refractivity contribution >= 4 is 51.1 Å². The Morgan fingerprint density at radius 3 is 2.34 bits per heavy atom. The van der Waals surface area contributed by atoms with Gasteiger partial charge in [0.25, 0.3) is 5.91 Å². The number of carbonyl (C=O) groups excluding carboxylic acids is 2. The van der Waals surface area contributed by atoms with Crippen molar-refractivity contribution in [3.63, 3.8) is 0 Å². The fourth-order valence-corrected chi connectivity index (χ4v) is 5.40. The zero-order valence-corrected chi connectivity index (χ0v) is 23.7. The average Bonchev–Trinajstić information content (AvgIpc) is 3.35. The third-order valence-electron chi connectivity index (χ3n) is 6.14. The normalized spacial score (nSPS) is 11.8. The molecule has 1 N–H and O–H groups in total. The summed E-state index contributed by atoms with van der Waals surface area (Å²) in [6.45, 7) is 1.64. The number of thiophene rings is 1. The lowest BCUT2D eigenvalue weighted by Crippen LogP contribution is -2.33. The predicted molar refractivity (Wildman–Crippen MR) is 162 cm³/mol. The molecule has 1 aromatic heterocycles. The van der Waals surface area contributed by atoms with E-state index in [9.17, 15) is 9.59 Å². The third kappa shape index (κ3) is 6.57. The van der Waals surface area contributed by atoms with Gasteiger partial charge in [-0.2, -0.15) is 5.10 Å². The Bertz CT molecular complexity index is 1720. The van der Waals surface area contributed by atoms with Gasteiger partial charge in [-0.3, -0.25) is 4.79 Å². The number of nitrogens with one attached hydrogen (secondary N) is 1. The minimum Gasteiger partial charge on any atom is -0.493 e. The van der Waals surface area contributed by atoms with Gasteiger partial charge in [0.05, 0.1) is 18.3 Å². The fourth-order valence-electron chi connectivity index (χ4n) is 4.02. The monoisotopic (exact) mass is 584 g/mol. The molecule has 5 rings (SSSR count). The third-order valence-corrected chi connectivity index (χ3v) is 7.80. The van der Waals surface area contributed by atoms with Crippen LogP contribution in [0.1, 0.15) is 22.2 Å². The molecule has 0 radical (unpaired) electrons. The first-order valence-corrected chi connectivity index (χ1v) is 13.8. The first-order chi connectivity index (χ1) is 19.9. The Hall–Kier alpha value is -4.66. The number of hydrazone groups is 1. The van der Waals surface area contributed by atoms with Gasteiger partial charge in [-0.1, -0.05) is 72.3 Å². The number of benzene rings is 4. The van der Waals surface area contributed by atoms with Gasteiger partial charge in [-0.05, 0) is 60.0 Å². The number of nitrogens with zero attached hydrogens (tertiary/aromatic N) is 1. The minimum atomic E-state index is -0.772. The number of carbonyl (C=O) groups is 2. The summed E-state index contributed by atoms with van der Waals surface area (Å²) in [6.07, 6.45) is 0.683. The molecule has 1 atom stereocenters. The topological polar surface area (TPSA) is 86.2 Å². The van der Waals surface area contributed by atoms with Crippen LogP contribution >= 0.6 is 22.9 Å². The summed E-state index contributed by atoms with van der Waals surface area (Å²) in [5.74, 6) is 0.134. The highest BCUT2D eigenvalue weighted by Gasteiger charge is 2.20. The van der Waals surface area contributed by atoms with Gasteiger partial charge in [0.15, 0.2) is 17.6 Å². The maximum atomic E-state index is 12.8. The van der Waals surface area contributed by atoms with Crippen LogP contribution in [-0.2, 0) is 4.79 Å². The number of esters is 1. The van der Waals surface area contributed by atoms with E-state index < -0.39 is 18.0 Å². The van der Waals surface area contributed by atoms with Crippen LogP contribution in [0.15, 0.2) is 102 Å². The van der Waals surface area contributed by atoms with Crippen molar-refractivity contribution in [1.82, 2.24) is 5.43 Å². The van der Waals surface area contributed by atoms with Crippen molar-refractivity contribution in [1.29, 1.82) is 0 Å². The molecule has 0 aliphatic carbocycles. The Morgan fingerprint density at radius 1 is 0.902 bits per heavy atom. The number of ether oxygens (including phenoxy) is 3. The van der Waals surface area contributed by atoms with Crippen molar-refractivity contribution in [3.05, 3.63) is 113 Å². The molecule has 0 spiro atoms. The molecule has 0 aliphatic heterocycles. The predicted octanol–water partition coefficient (Wildman–Crippen LogP) is 7.37. The molecular formula is C32H25ClN2O5S. The van der Waals surface area contributed by atoms with Gasteiger partial charge in [-0.15, -0.1) is 11.3 Å². The van der Waals surface area contributed by atoms with E-state index in [1.54, 1.807) is 25.1 Å². The second-order valence-corrected chi connectivity index (χ2v) is 10.4. The summed E-state index contributed by atoms with van der Waals surface area (Å²) in [5, 5.41) is 5.18. The standard InChI is InChI=1S/C32H25ClN2O5S/c1-20(39-24-15-13-23(14-16-24)22-8-4-3-5-9-22)31(36)35-34-19-21-12-17-26(27(18-21)38-2)40-32(37)30-29(33)25-10-6-7-11-28(25)41-30/h3-20H,1-2H3,(H,35,36)/b34-19+. The molecule has 206 valence electrons. The first kappa shape index (κ1) is 27.9. The average molecular weight is 585 g/mol. The summed E-state index contributed by atoms with van der Waals surface area (Å²) in [7, 11) is 1.47. The van der Waals surface area contributed by atoms with Gasteiger partial charge in [-0.25, -0.2) is 10.2 Å². The Kier molecular flexibility index (Phi) is 8.62. The smallest absolute Gasteiger partial charge is 0.355 e. The van der Waals surface area contributed by atoms with Gasteiger partial charge in [0.1, 0.15) is 10.6 Å². The zero-order valence-electron chi connectivity index (χ0n) is 22.2. The van der Waals surface area contributed by atoms with E-state index in [0.717, 1.165) is 21.2 Å². The number of methoxy groups -OCH3 is 1. The molecule has 9 heteroatoms.